The maximum absolute atomic E-state index is 2.56. The third-order valence-corrected chi connectivity index (χ3v) is 12.7. The number of benzene rings is 8. The second-order valence-electron chi connectivity index (χ2n) is 17.8. The molecule has 10 rings (SSSR count). The van der Waals surface area contributed by atoms with Gasteiger partial charge >= 0.3 is 0 Å². The lowest BCUT2D eigenvalue weighted by atomic mass is 9.71. The molecule has 0 saturated carbocycles. The maximum Gasteiger partial charge on any atom is 0.0634 e. The minimum atomic E-state index is -0.0864. The van der Waals surface area contributed by atoms with Crippen LogP contribution >= 0.6 is 0 Å². The number of nitrogens with zero attached hydrogens (tertiary/aromatic N) is 2. The molecule has 2 bridgehead atoms. The molecule has 1 unspecified atom stereocenters. The third kappa shape index (κ3) is 6.54. The van der Waals surface area contributed by atoms with Crippen molar-refractivity contribution in [2.75, 3.05) is 9.80 Å². The zero-order valence-electron chi connectivity index (χ0n) is 34.7. The number of hydrogen-bond acceptors (Lipinski definition) is 2. The number of anilines is 5. The molecule has 1 heterocycles. The fourth-order valence-corrected chi connectivity index (χ4v) is 9.47. The van der Waals surface area contributed by atoms with E-state index in [2.05, 4.69) is 239 Å². The van der Waals surface area contributed by atoms with Gasteiger partial charge in [-0.25, -0.2) is 0 Å². The molecule has 0 aromatic heterocycles. The molecule has 1 atom stereocenters. The van der Waals surface area contributed by atoms with Gasteiger partial charge < -0.3 is 9.80 Å². The average Bonchev–Trinajstić information content (AvgIpc) is 3.27. The van der Waals surface area contributed by atoms with Crippen molar-refractivity contribution in [3.05, 3.63) is 216 Å². The SMILES string of the molecule is CC(C)(C)c1cccc(-c2cccc(N(c3ccc(-c4ccc(N5c6cccc(c6)C(C)(C)c6cccc7c6C5CC=C7)cc4)cc3)c3cccc4ccccc34)c2)c1. The van der Waals surface area contributed by atoms with Crippen molar-refractivity contribution in [1.29, 1.82) is 0 Å². The van der Waals surface area contributed by atoms with Crippen molar-refractivity contribution in [1.82, 2.24) is 0 Å². The summed E-state index contributed by atoms with van der Waals surface area (Å²) in [5.41, 5.74) is 17.5. The summed E-state index contributed by atoms with van der Waals surface area (Å²) < 4.78 is 0. The first-order valence-corrected chi connectivity index (χ1v) is 21.0. The number of hydrogen-bond donors (Lipinski definition) is 0. The van der Waals surface area contributed by atoms with E-state index in [-0.39, 0.29) is 16.9 Å². The fourth-order valence-electron chi connectivity index (χ4n) is 9.47. The van der Waals surface area contributed by atoms with Crippen LogP contribution in [0.1, 0.15) is 74.9 Å². The standard InChI is InChI=1S/C57H50N2/c1-56(2,3)45-20-8-18-43(36-45)44-19-9-22-49(37-44)58(53-26-11-15-41-14-6-7-24-51(41)53)47-32-28-39(29-33-47)40-30-34-48(35-31-40)59-50-23-13-21-46(38-50)57(4,5)52-25-10-16-42-17-12-27-54(59)55(42)52/h6-26,28-38,54H,27H2,1-5H3. The van der Waals surface area contributed by atoms with Crippen LogP contribution in [0.2, 0.25) is 0 Å². The highest BCUT2D eigenvalue weighted by molar-refractivity contribution is 5.99. The van der Waals surface area contributed by atoms with Gasteiger partial charge in [-0.15, -0.1) is 0 Å². The molecule has 0 saturated heterocycles. The van der Waals surface area contributed by atoms with Gasteiger partial charge in [0.2, 0.25) is 0 Å². The van der Waals surface area contributed by atoms with E-state index in [4.69, 9.17) is 0 Å². The Balaban J connectivity index is 1.02. The highest BCUT2D eigenvalue weighted by atomic mass is 15.2. The molecule has 0 fully saturated rings. The molecular formula is C57H50N2. The second kappa shape index (κ2) is 14.3. The lowest BCUT2D eigenvalue weighted by Crippen LogP contribution is -2.32. The summed E-state index contributed by atoms with van der Waals surface area (Å²) in [6, 6.07) is 67.8. The summed E-state index contributed by atoms with van der Waals surface area (Å²) in [6.45, 7) is 11.6. The van der Waals surface area contributed by atoms with Crippen molar-refractivity contribution < 1.29 is 0 Å². The van der Waals surface area contributed by atoms with Gasteiger partial charge in [-0.1, -0.05) is 174 Å². The quantitative estimate of drug-likeness (QED) is 0.166. The van der Waals surface area contributed by atoms with Gasteiger partial charge in [-0.05, 0) is 122 Å². The predicted octanol–water partition coefficient (Wildman–Crippen LogP) is 15.9. The normalized spacial score (nSPS) is 15.3. The van der Waals surface area contributed by atoms with Crippen LogP contribution in [0, 0.1) is 0 Å². The van der Waals surface area contributed by atoms with Gasteiger partial charge in [-0.3, -0.25) is 0 Å². The van der Waals surface area contributed by atoms with Crippen LogP contribution < -0.4 is 9.80 Å². The van der Waals surface area contributed by atoms with Crippen LogP contribution in [0.15, 0.2) is 188 Å². The Labute approximate surface area is 349 Å². The van der Waals surface area contributed by atoms with Crippen LogP contribution in [-0.2, 0) is 10.8 Å². The molecule has 0 N–H and O–H groups in total. The molecule has 2 heteroatoms. The number of fused-ring (bicyclic) bond motifs is 3. The molecule has 8 aromatic rings. The first-order chi connectivity index (χ1) is 28.6. The molecule has 2 nitrogen and oxygen atoms in total. The van der Waals surface area contributed by atoms with Gasteiger partial charge in [0.05, 0.1) is 11.7 Å². The van der Waals surface area contributed by atoms with Crippen molar-refractivity contribution in [2.45, 2.75) is 57.9 Å². The van der Waals surface area contributed by atoms with Crippen molar-refractivity contribution >= 4 is 45.3 Å². The highest BCUT2D eigenvalue weighted by Gasteiger charge is 2.36. The van der Waals surface area contributed by atoms with E-state index in [0.717, 1.165) is 23.5 Å². The topological polar surface area (TPSA) is 6.48 Å². The van der Waals surface area contributed by atoms with Gasteiger partial charge in [0.1, 0.15) is 0 Å². The van der Waals surface area contributed by atoms with E-state index in [0.29, 0.717) is 0 Å². The lowest BCUT2D eigenvalue weighted by molar-refractivity contribution is 0.590. The summed E-state index contributed by atoms with van der Waals surface area (Å²) in [5.74, 6) is 0. The fraction of sp³-hybridized carbons (Fsp3) is 0.158. The van der Waals surface area contributed by atoms with E-state index < -0.39 is 0 Å². The Morgan fingerprint density at radius 1 is 0.559 bits per heavy atom. The van der Waals surface area contributed by atoms with Crippen molar-refractivity contribution in [2.24, 2.45) is 0 Å². The second-order valence-corrected chi connectivity index (χ2v) is 17.8. The molecule has 59 heavy (non-hydrogen) atoms. The molecule has 8 aromatic carbocycles. The summed E-state index contributed by atoms with van der Waals surface area (Å²) in [4.78, 5) is 4.97. The molecule has 0 spiro atoms. The number of rotatable bonds is 6. The lowest BCUT2D eigenvalue weighted by Gasteiger charge is -2.42. The summed E-state index contributed by atoms with van der Waals surface area (Å²) in [5, 5.41) is 2.44. The van der Waals surface area contributed by atoms with Gasteiger partial charge in [0, 0.05) is 33.6 Å². The maximum atomic E-state index is 2.56. The molecule has 288 valence electrons. The average molecular weight is 763 g/mol. The Morgan fingerprint density at radius 2 is 1.24 bits per heavy atom. The third-order valence-electron chi connectivity index (χ3n) is 12.7. The predicted molar refractivity (Wildman–Crippen MR) is 252 cm³/mol. The monoisotopic (exact) mass is 762 g/mol. The smallest absolute Gasteiger partial charge is 0.0634 e. The molecular weight excluding hydrogens is 713 g/mol. The first-order valence-electron chi connectivity index (χ1n) is 21.0. The first kappa shape index (κ1) is 36.7. The highest BCUT2D eigenvalue weighted by Crippen LogP contribution is 2.49. The van der Waals surface area contributed by atoms with Gasteiger partial charge in [0.15, 0.2) is 0 Å². The van der Waals surface area contributed by atoms with Crippen LogP contribution in [0.4, 0.5) is 28.4 Å². The van der Waals surface area contributed by atoms with E-state index in [1.807, 2.05) is 0 Å². The van der Waals surface area contributed by atoms with E-state index in [1.165, 1.54) is 72.2 Å². The molecule has 1 aliphatic carbocycles. The van der Waals surface area contributed by atoms with Crippen LogP contribution in [-0.4, -0.2) is 0 Å². The van der Waals surface area contributed by atoms with Crippen LogP contribution in [0.5, 0.6) is 0 Å². The summed E-state index contributed by atoms with van der Waals surface area (Å²) in [6.07, 6.45) is 5.63. The van der Waals surface area contributed by atoms with E-state index in [9.17, 15) is 0 Å². The Morgan fingerprint density at radius 3 is 2.03 bits per heavy atom. The van der Waals surface area contributed by atoms with E-state index in [1.54, 1.807) is 0 Å². The Kier molecular flexibility index (Phi) is 8.91. The molecule has 2 aliphatic rings. The minimum absolute atomic E-state index is 0.0731. The van der Waals surface area contributed by atoms with Crippen LogP contribution in [0.3, 0.4) is 0 Å². The Hall–Kier alpha value is -6.64. The molecule has 0 amide bonds. The van der Waals surface area contributed by atoms with Crippen molar-refractivity contribution in [3.63, 3.8) is 0 Å². The molecule has 0 radical (unpaired) electrons. The zero-order valence-corrected chi connectivity index (χ0v) is 34.7. The van der Waals surface area contributed by atoms with Gasteiger partial charge in [-0.2, -0.15) is 0 Å². The van der Waals surface area contributed by atoms with Crippen LogP contribution in [0.25, 0.3) is 39.1 Å². The minimum Gasteiger partial charge on any atom is -0.334 e. The zero-order chi connectivity index (χ0) is 40.3. The van der Waals surface area contributed by atoms with Gasteiger partial charge in [0.25, 0.3) is 0 Å². The summed E-state index contributed by atoms with van der Waals surface area (Å²) in [7, 11) is 0. The van der Waals surface area contributed by atoms with E-state index >= 15 is 0 Å². The van der Waals surface area contributed by atoms with Crippen molar-refractivity contribution in [3.8, 4) is 22.3 Å². The molecule has 1 aliphatic heterocycles. The summed E-state index contributed by atoms with van der Waals surface area (Å²) >= 11 is 0. The Bertz CT molecular complexity index is 2870. The largest absolute Gasteiger partial charge is 0.334 e.